The van der Waals surface area contributed by atoms with Crippen LogP contribution in [0.5, 0.6) is 0 Å². The molecule has 0 bridgehead atoms. The number of ether oxygens (including phenoxy) is 1. The highest BCUT2D eigenvalue weighted by molar-refractivity contribution is 6.69. The molecule has 2 aromatic carbocycles. The topological polar surface area (TPSA) is 35.5 Å². The lowest BCUT2D eigenvalue weighted by Crippen LogP contribution is -2.29. The summed E-state index contributed by atoms with van der Waals surface area (Å²) in [4.78, 5) is 12.1. The van der Waals surface area contributed by atoms with Crippen molar-refractivity contribution < 1.29 is 14.0 Å². The smallest absolute Gasteiger partial charge is 0.308 e. The molecule has 0 N–H and O–H groups in total. The minimum Gasteiger partial charge on any atom is -0.463 e. The van der Waals surface area contributed by atoms with E-state index in [0.29, 0.717) is 0 Å². The molecule has 1 atom stereocenters. The molecule has 0 saturated carbocycles. The molecule has 0 heterocycles. The van der Waals surface area contributed by atoms with Crippen LogP contribution in [0, 0.1) is 0 Å². The monoisotopic (exact) mass is 330 g/mol. The fraction of sp³-hybridized carbons (Fsp3) is 0.421. The van der Waals surface area contributed by atoms with Gasteiger partial charge in [0.2, 0.25) is 0 Å². The molecule has 124 valence electrons. The van der Waals surface area contributed by atoms with Gasteiger partial charge in [0.25, 0.3) is 0 Å². The molecule has 0 radical (unpaired) electrons. The number of hydrogen-bond acceptors (Lipinski definition) is 3. The molecule has 23 heavy (non-hydrogen) atoms. The minimum atomic E-state index is -1.79. The number of fused-ring (bicyclic) bond motifs is 1. The Morgan fingerprint density at radius 1 is 1.04 bits per heavy atom. The van der Waals surface area contributed by atoms with E-state index in [2.05, 4.69) is 50.0 Å². The Balaban J connectivity index is 2.28. The predicted molar refractivity (Wildman–Crippen MR) is 97.0 cm³/mol. The van der Waals surface area contributed by atoms with Crippen LogP contribution in [0.2, 0.25) is 19.6 Å². The van der Waals surface area contributed by atoms with Crippen molar-refractivity contribution in [2.75, 3.05) is 0 Å². The summed E-state index contributed by atoms with van der Waals surface area (Å²) < 4.78 is 11.6. The zero-order chi connectivity index (χ0) is 17.0. The summed E-state index contributed by atoms with van der Waals surface area (Å²) in [6.45, 7) is 10.1. The third-order valence-electron chi connectivity index (χ3n) is 3.36. The lowest BCUT2D eigenvalue weighted by atomic mass is 10.0. The standard InChI is InChI=1S/C19H26O3Si/c1-14(2)21-19(20)13-18(22-23(3,4)5)17-11-10-15-8-6-7-9-16(15)12-17/h6-12,14,18H,13H2,1-5H3/t18-/m1/s1. The van der Waals surface area contributed by atoms with Crippen molar-refractivity contribution in [3.05, 3.63) is 48.0 Å². The van der Waals surface area contributed by atoms with Gasteiger partial charge in [-0.05, 0) is 55.9 Å². The Morgan fingerprint density at radius 3 is 2.30 bits per heavy atom. The number of carbonyl (C=O) groups is 1. The van der Waals surface area contributed by atoms with E-state index < -0.39 is 8.32 Å². The molecule has 2 rings (SSSR count). The van der Waals surface area contributed by atoms with E-state index in [1.54, 1.807) is 0 Å². The Morgan fingerprint density at radius 2 is 1.70 bits per heavy atom. The first-order chi connectivity index (χ1) is 10.7. The van der Waals surface area contributed by atoms with Crippen LogP contribution in [0.4, 0.5) is 0 Å². The largest absolute Gasteiger partial charge is 0.463 e. The third-order valence-corrected chi connectivity index (χ3v) is 4.35. The summed E-state index contributed by atoms with van der Waals surface area (Å²) in [5.74, 6) is -0.212. The Bertz CT molecular complexity index is 674. The maximum atomic E-state index is 12.1. The number of rotatable bonds is 6. The van der Waals surface area contributed by atoms with Crippen LogP contribution >= 0.6 is 0 Å². The van der Waals surface area contributed by atoms with E-state index in [4.69, 9.17) is 9.16 Å². The molecule has 0 fully saturated rings. The zero-order valence-electron chi connectivity index (χ0n) is 14.6. The second kappa shape index (κ2) is 7.28. The van der Waals surface area contributed by atoms with Gasteiger partial charge in [-0.1, -0.05) is 36.4 Å². The fourth-order valence-corrected chi connectivity index (χ4v) is 3.60. The van der Waals surface area contributed by atoms with Crippen LogP contribution in [0.15, 0.2) is 42.5 Å². The van der Waals surface area contributed by atoms with Crippen molar-refractivity contribution in [3.63, 3.8) is 0 Å². The van der Waals surface area contributed by atoms with Gasteiger partial charge in [0.15, 0.2) is 8.32 Å². The normalized spacial score (nSPS) is 13.3. The highest BCUT2D eigenvalue weighted by Crippen LogP contribution is 2.29. The van der Waals surface area contributed by atoms with Gasteiger partial charge in [-0.3, -0.25) is 4.79 Å². The van der Waals surface area contributed by atoms with Gasteiger partial charge in [0, 0.05) is 0 Å². The molecule has 3 nitrogen and oxygen atoms in total. The van der Waals surface area contributed by atoms with Gasteiger partial charge in [0.1, 0.15) is 0 Å². The molecule has 0 amide bonds. The lowest BCUT2D eigenvalue weighted by Gasteiger charge is -2.26. The highest BCUT2D eigenvalue weighted by Gasteiger charge is 2.25. The molecular weight excluding hydrogens is 304 g/mol. The Labute approximate surface area is 139 Å². The minimum absolute atomic E-state index is 0.105. The van der Waals surface area contributed by atoms with Gasteiger partial charge >= 0.3 is 5.97 Å². The fourth-order valence-electron chi connectivity index (χ4n) is 2.52. The van der Waals surface area contributed by atoms with Gasteiger partial charge in [-0.25, -0.2) is 0 Å². The van der Waals surface area contributed by atoms with Crippen LogP contribution < -0.4 is 0 Å². The van der Waals surface area contributed by atoms with Gasteiger partial charge in [-0.15, -0.1) is 0 Å². The third kappa shape index (κ3) is 5.48. The van der Waals surface area contributed by atoms with Crippen molar-refractivity contribution in [3.8, 4) is 0 Å². The molecule has 2 aromatic rings. The van der Waals surface area contributed by atoms with Crippen LogP contribution in [0.25, 0.3) is 10.8 Å². The number of carbonyl (C=O) groups excluding carboxylic acids is 1. The van der Waals surface area contributed by atoms with Crippen molar-refractivity contribution in [2.45, 2.75) is 52.1 Å². The van der Waals surface area contributed by atoms with E-state index in [-0.39, 0.29) is 24.6 Å². The Hall–Kier alpha value is -1.65. The average Bonchev–Trinajstić information content (AvgIpc) is 2.43. The second-order valence-corrected chi connectivity index (χ2v) is 11.5. The number of esters is 1. The van der Waals surface area contributed by atoms with E-state index in [9.17, 15) is 4.79 Å². The number of hydrogen-bond donors (Lipinski definition) is 0. The second-order valence-electron chi connectivity index (χ2n) is 7.07. The first kappa shape index (κ1) is 17.7. The van der Waals surface area contributed by atoms with Crippen LogP contribution in [0.1, 0.15) is 31.9 Å². The average molecular weight is 330 g/mol. The lowest BCUT2D eigenvalue weighted by molar-refractivity contribution is -0.149. The Kier molecular flexibility index (Phi) is 5.60. The molecule has 0 unspecified atom stereocenters. The molecule has 0 saturated heterocycles. The number of benzene rings is 2. The SMILES string of the molecule is CC(C)OC(=O)C[C@@H](O[Si](C)(C)C)c1ccc2ccccc2c1. The molecule has 0 aliphatic heterocycles. The highest BCUT2D eigenvalue weighted by atomic mass is 28.4. The molecule has 0 aromatic heterocycles. The maximum absolute atomic E-state index is 12.1. The first-order valence-corrected chi connectivity index (χ1v) is 11.5. The first-order valence-electron chi connectivity index (χ1n) is 8.10. The predicted octanol–water partition coefficient (Wildman–Crippen LogP) is 5.07. The zero-order valence-corrected chi connectivity index (χ0v) is 15.6. The van der Waals surface area contributed by atoms with Crippen LogP contribution in [0.3, 0.4) is 0 Å². The summed E-state index contributed by atoms with van der Waals surface area (Å²) >= 11 is 0. The molecule has 4 heteroatoms. The van der Waals surface area contributed by atoms with Crippen molar-refractivity contribution >= 4 is 25.1 Å². The summed E-state index contributed by atoms with van der Waals surface area (Å²) in [5, 5.41) is 2.35. The van der Waals surface area contributed by atoms with E-state index in [1.165, 1.54) is 5.39 Å². The molecule has 0 spiro atoms. The maximum Gasteiger partial charge on any atom is 0.308 e. The van der Waals surface area contributed by atoms with Crippen molar-refractivity contribution in [1.29, 1.82) is 0 Å². The summed E-state index contributed by atoms with van der Waals surface area (Å²) in [7, 11) is -1.79. The quantitative estimate of drug-likeness (QED) is 0.547. The summed E-state index contributed by atoms with van der Waals surface area (Å²) in [6.07, 6.45) is -0.106. The van der Waals surface area contributed by atoms with E-state index in [0.717, 1.165) is 10.9 Å². The summed E-state index contributed by atoms with van der Waals surface area (Å²) in [5.41, 5.74) is 1.03. The van der Waals surface area contributed by atoms with Gasteiger partial charge in [-0.2, -0.15) is 0 Å². The molecule has 0 aliphatic rings. The molecular formula is C19H26O3Si. The van der Waals surface area contributed by atoms with Gasteiger partial charge < -0.3 is 9.16 Å². The van der Waals surface area contributed by atoms with Crippen molar-refractivity contribution in [2.24, 2.45) is 0 Å². The van der Waals surface area contributed by atoms with E-state index >= 15 is 0 Å². The van der Waals surface area contributed by atoms with Gasteiger partial charge in [0.05, 0.1) is 18.6 Å². The molecule has 0 aliphatic carbocycles. The van der Waals surface area contributed by atoms with Crippen LogP contribution in [-0.4, -0.2) is 20.4 Å². The van der Waals surface area contributed by atoms with Crippen LogP contribution in [-0.2, 0) is 14.0 Å². The van der Waals surface area contributed by atoms with E-state index in [1.807, 2.05) is 26.0 Å². The van der Waals surface area contributed by atoms with Crippen molar-refractivity contribution in [1.82, 2.24) is 0 Å². The summed E-state index contributed by atoms with van der Waals surface area (Å²) in [6, 6.07) is 14.5.